The Morgan fingerprint density at radius 2 is 2.07 bits per heavy atom. The van der Waals surface area contributed by atoms with Crippen molar-refractivity contribution < 1.29 is 13.9 Å². The molecule has 154 valence electrons. The van der Waals surface area contributed by atoms with Crippen LogP contribution in [-0.4, -0.2) is 48.2 Å². The summed E-state index contributed by atoms with van der Waals surface area (Å²) in [6, 6.07) is 1.81. The third-order valence-electron chi connectivity index (χ3n) is 5.42. The zero-order valence-electron chi connectivity index (χ0n) is 17.0. The van der Waals surface area contributed by atoms with Gasteiger partial charge in [-0.05, 0) is 45.7 Å². The van der Waals surface area contributed by atoms with E-state index in [2.05, 4.69) is 20.2 Å². The molecule has 0 bridgehead atoms. The lowest BCUT2D eigenvalue weighted by atomic mass is 10.1. The third kappa shape index (κ3) is 4.34. The average Bonchev–Trinajstić information content (AvgIpc) is 3.41. The Morgan fingerprint density at radius 3 is 2.86 bits per heavy atom. The number of anilines is 2. The number of aromatic nitrogens is 2. The molecule has 3 heterocycles. The lowest BCUT2D eigenvalue weighted by Gasteiger charge is -2.16. The second-order valence-corrected chi connectivity index (χ2v) is 7.45. The summed E-state index contributed by atoms with van der Waals surface area (Å²) in [7, 11) is 1.60. The number of allylic oxidation sites excluding steroid dienone is 1. The number of pyridine rings is 2. The lowest BCUT2D eigenvalue weighted by Crippen LogP contribution is -2.22. The molecule has 1 saturated heterocycles. The first-order valence-corrected chi connectivity index (χ1v) is 10.2. The van der Waals surface area contributed by atoms with Gasteiger partial charge in [-0.1, -0.05) is 12.2 Å². The summed E-state index contributed by atoms with van der Waals surface area (Å²) in [4.78, 5) is 11.2. The van der Waals surface area contributed by atoms with E-state index >= 15 is 0 Å². The predicted molar refractivity (Wildman–Crippen MR) is 112 cm³/mol. The number of hydrogen-bond acceptors (Lipinski definition) is 6. The Labute approximate surface area is 170 Å². The zero-order valence-corrected chi connectivity index (χ0v) is 17.0. The summed E-state index contributed by atoms with van der Waals surface area (Å²) < 4.78 is 25.6. The number of likely N-dealkylation sites (tertiary alicyclic amines) is 1. The van der Waals surface area contributed by atoms with Gasteiger partial charge in [0.05, 0.1) is 25.6 Å². The van der Waals surface area contributed by atoms with Crippen LogP contribution in [0.15, 0.2) is 18.3 Å². The second-order valence-electron chi connectivity index (χ2n) is 7.45. The molecule has 0 spiro atoms. The van der Waals surface area contributed by atoms with E-state index < -0.39 is 0 Å². The van der Waals surface area contributed by atoms with Gasteiger partial charge in [-0.15, -0.1) is 0 Å². The molecule has 7 heteroatoms. The van der Waals surface area contributed by atoms with Crippen molar-refractivity contribution in [2.75, 3.05) is 38.7 Å². The highest BCUT2D eigenvalue weighted by molar-refractivity contribution is 5.74. The fourth-order valence-electron chi connectivity index (χ4n) is 3.88. The van der Waals surface area contributed by atoms with Crippen LogP contribution in [0.4, 0.5) is 16.0 Å². The van der Waals surface area contributed by atoms with Crippen molar-refractivity contribution in [3.05, 3.63) is 41.0 Å². The SMILES string of the molecule is COc1cnc(Nc2nc(C)c(F)c3c2C=CC3)cc1OCCCN1CCCC1. The first kappa shape index (κ1) is 19.6. The summed E-state index contributed by atoms with van der Waals surface area (Å²) in [5.74, 6) is 2.18. The number of hydrogen-bond donors (Lipinski definition) is 1. The van der Waals surface area contributed by atoms with Crippen molar-refractivity contribution >= 4 is 17.7 Å². The van der Waals surface area contributed by atoms with E-state index in [-0.39, 0.29) is 5.82 Å². The van der Waals surface area contributed by atoms with Crippen LogP contribution in [0.3, 0.4) is 0 Å². The van der Waals surface area contributed by atoms with Gasteiger partial charge in [0.1, 0.15) is 17.5 Å². The maximum Gasteiger partial charge on any atom is 0.179 e. The molecule has 1 N–H and O–H groups in total. The molecule has 2 aliphatic rings. The van der Waals surface area contributed by atoms with Gasteiger partial charge in [-0.2, -0.15) is 0 Å². The molecular weight excluding hydrogens is 371 g/mol. The molecule has 0 aromatic carbocycles. The molecule has 1 aliphatic heterocycles. The number of halogens is 1. The smallest absolute Gasteiger partial charge is 0.179 e. The Hall–Kier alpha value is -2.67. The summed E-state index contributed by atoms with van der Waals surface area (Å²) in [5.41, 5.74) is 1.83. The number of rotatable bonds is 8. The van der Waals surface area contributed by atoms with Crippen LogP contribution in [-0.2, 0) is 6.42 Å². The minimum absolute atomic E-state index is 0.236. The van der Waals surface area contributed by atoms with Gasteiger partial charge < -0.3 is 19.7 Å². The quantitative estimate of drug-likeness (QED) is 0.676. The second kappa shape index (κ2) is 8.78. The highest BCUT2D eigenvalue weighted by Gasteiger charge is 2.19. The van der Waals surface area contributed by atoms with E-state index in [0.717, 1.165) is 18.5 Å². The van der Waals surface area contributed by atoms with Crippen molar-refractivity contribution in [1.29, 1.82) is 0 Å². The highest BCUT2D eigenvalue weighted by Crippen LogP contribution is 2.33. The number of nitrogens with zero attached hydrogens (tertiary/aromatic N) is 3. The Morgan fingerprint density at radius 1 is 1.24 bits per heavy atom. The monoisotopic (exact) mass is 398 g/mol. The van der Waals surface area contributed by atoms with Crippen LogP contribution in [0.1, 0.15) is 36.1 Å². The first-order valence-electron chi connectivity index (χ1n) is 10.2. The number of ether oxygens (including phenoxy) is 2. The van der Waals surface area contributed by atoms with Gasteiger partial charge in [-0.3, -0.25) is 0 Å². The molecule has 0 atom stereocenters. The van der Waals surface area contributed by atoms with E-state index in [1.54, 1.807) is 26.3 Å². The molecule has 1 fully saturated rings. The first-order chi connectivity index (χ1) is 14.2. The largest absolute Gasteiger partial charge is 0.491 e. The standard InChI is InChI=1S/C22H27FN4O2/c1-15-21(23)16-7-5-8-17(16)22(25-15)26-20-13-18(19(28-2)14-24-20)29-12-6-11-27-9-3-4-10-27/h5,8,13-14H,3-4,6-7,9-12H2,1-2H3,(H,24,25,26). The van der Waals surface area contributed by atoms with E-state index in [1.165, 1.54) is 25.9 Å². The molecule has 2 aromatic rings. The fourth-order valence-corrected chi connectivity index (χ4v) is 3.88. The Bertz CT molecular complexity index is 910. The van der Waals surface area contributed by atoms with Crippen molar-refractivity contribution in [3.8, 4) is 11.5 Å². The van der Waals surface area contributed by atoms with Gasteiger partial charge in [0, 0.05) is 23.7 Å². The minimum atomic E-state index is -0.236. The third-order valence-corrected chi connectivity index (χ3v) is 5.42. The molecule has 6 nitrogen and oxygen atoms in total. The molecule has 1 aliphatic carbocycles. The molecule has 29 heavy (non-hydrogen) atoms. The number of nitrogens with one attached hydrogen (secondary N) is 1. The topological polar surface area (TPSA) is 59.5 Å². The van der Waals surface area contributed by atoms with E-state index in [9.17, 15) is 4.39 Å². The van der Waals surface area contributed by atoms with Crippen LogP contribution in [0.2, 0.25) is 0 Å². The van der Waals surface area contributed by atoms with Crippen LogP contribution < -0.4 is 14.8 Å². The number of methoxy groups -OCH3 is 1. The lowest BCUT2D eigenvalue weighted by molar-refractivity contribution is 0.254. The average molecular weight is 398 g/mol. The van der Waals surface area contributed by atoms with Crippen molar-refractivity contribution in [1.82, 2.24) is 14.9 Å². The summed E-state index contributed by atoms with van der Waals surface area (Å²) in [5, 5.41) is 3.22. The van der Waals surface area contributed by atoms with Gasteiger partial charge in [0.25, 0.3) is 0 Å². The van der Waals surface area contributed by atoms with E-state index in [0.29, 0.717) is 47.4 Å². The highest BCUT2D eigenvalue weighted by atomic mass is 19.1. The molecule has 4 rings (SSSR count). The summed E-state index contributed by atoms with van der Waals surface area (Å²) >= 11 is 0. The Balaban J connectivity index is 1.46. The number of aryl methyl sites for hydroxylation is 1. The maximum absolute atomic E-state index is 14.3. The van der Waals surface area contributed by atoms with Crippen LogP contribution >= 0.6 is 0 Å². The number of fused-ring (bicyclic) bond motifs is 1. The summed E-state index contributed by atoms with van der Waals surface area (Å²) in [6.45, 7) is 5.72. The maximum atomic E-state index is 14.3. The molecule has 0 radical (unpaired) electrons. The zero-order chi connectivity index (χ0) is 20.2. The predicted octanol–water partition coefficient (Wildman–Crippen LogP) is 4.11. The van der Waals surface area contributed by atoms with Gasteiger partial charge in [0.2, 0.25) is 0 Å². The van der Waals surface area contributed by atoms with Crippen molar-refractivity contribution in [2.45, 2.75) is 32.6 Å². The van der Waals surface area contributed by atoms with Crippen molar-refractivity contribution in [2.24, 2.45) is 0 Å². The molecule has 0 saturated carbocycles. The molecule has 0 amide bonds. The fraction of sp³-hybridized carbons (Fsp3) is 0.455. The van der Waals surface area contributed by atoms with Gasteiger partial charge in [0.15, 0.2) is 11.5 Å². The normalized spacial score (nSPS) is 15.6. The Kier molecular flexibility index (Phi) is 5.94. The van der Waals surface area contributed by atoms with E-state index in [1.807, 2.05) is 12.2 Å². The summed E-state index contributed by atoms with van der Waals surface area (Å²) in [6.07, 6.45) is 9.60. The van der Waals surface area contributed by atoms with Crippen LogP contribution in [0, 0.1) is 12.7 Å². The molecule has 0 unspecified atom stereocenters. The minimum Gasteiger partial charge on any atom is -0.491 e. The van der Waals surface area contributed by atoms with Gasteiger partial charge in [-0.25, -0.2) is 14.4 Å². The molecular formula is C22H27FN4O2. The van der Waals surface area contributed by atoms with Gasteiger partial charge >= 0.3 is 0 Å². The van der Waals surface area contributed by atoms with E-state index in [4.69, 9.17) is 9.47 Å². The van der Waals surface area contributed by atoms with Crippen molar-refractivity contribution in [3.63, 3.8) is 0 Å². The molecule has 2 aromatic heterocycles. The van der Waals surface area contributed by atoms with Crippen LogP contribution in [0.25, 0.3) is 6.08 Å². The van der Waals surface area contributed by atoms with Crippen LogP contribution in [0.5, 0.6) is 11.5 Å².